The van der Waals surface area contributed by atoms with Crippen LogP contribution in [-0.2, 0) is 14.8 Å². The Morgan fingerprint density at radius 2 is 2.00 bits per heavy atom. The van der Waals surface area contributed by atoms with Gasteiger partial charge in [0.25, 0.3) is 11.6 Å². The molecule has 1 atom stereocenters. The summed E-state index contributed by atoms with van der Waals surface area (Å²) in [6, 6.07) is 3.48. The molecule has 1 amide bonds. The molecule has 1 aromatic carbocycles. The van der Waals surface area contributed by atoms with Crippen LogP contribution >= 0.6 is 0 Å². The molecule has 11 heteroatoms. The Morgan fingerprint density at radius 1 is 1.34 bits per heavy atom. The summed E-state index contributed by atoms with van der Waals surface area (Å²) >= 11 is 0. The van der Waals surface area contributed by atoms with Crippen molar-refractivity contribution < 1.29 is 23.2 Å². The summed E-state index contributed by atoms with van der Waals surface area (Å²) in [7, 11) is -3.91. The molecule has 1 saturated carbocycles. The third kappa shape index (κ3) is 4.51. The van der Waals surface area contributed by atoms with Crippen LogP contribution in [0.3, 0.4) is 0 Å². The van der Waals surface area contributed by atoms with E-state index in [1.54, 1.807) is 0 Å². The molecule has 1 aromatic rings. The Labute approximate surface area is 169 Å². The number of primary amides is 1. The van der Waals surface area contributed by atoms with Gasteiger partial charge < -0.3 is 15.7 Å². The number of hydrogen-bond acceptors (Lipinski definition) is 7. The van der Waals surface area contributed by atoms with Gasteiger partial charge in [-0.15, -0.1) is 0 Å². The quantitative estimate of drug-likeness (QED) is 0.450. The van der Waals surface area contributed by atoms with Gasteiger partial charge in [-0.25, -0.2) is 13.1 Å². The molecule has 160 valence electrons. The SMILES string of the molecule is CC1CCC(NS(=O)(=O)c2ccc(N3CC[C@@](O)(C(N)=O)C3)c([N+](=O)[O-])c2)CC1. The van der Waals surface area contributed by atoms with Crippen molar-refractivity contribution in [2.75, 3.05) is 18.0 Å². The van der Waals surface area contributed by atoms with Gasteiger partial charge in [-0.1, -0.05) is 6.92 Å². The molecule has 1 aliphatic carbocycles. The predicted molar refractivity (Wildman–Crippen MR) is 106 cm³/mol. The van der Waals surface area contributed by atoms with E-state index in [4.69, 9.17) is 5.73 Å². The lowest BCUT2D eigenvalue weighted by atomic mass is 9.88. The number of nitro groups is 1. The third-order valence-corrected chi connectivity index (χ3v) is 7.36. The molecule has 2 aliphatic rings. The Bertz CT molecular complexity index is 913. The summed E-state index contributed by atoms with van der Waals surface area (Å²) in [5.41, 5.74) is 3.18. The van der Waals surface area contributed by atoms with Crippen molar-refractivity contribution >= 4 is 27.3 Å². The zero-order chi connectivity index (χ0) is 21.4. The zero-order valence-corrected chi connectivity index (χ0v) is 17.0. The number of nitrogens with two attached hydrogens (primary N) is 1. The highest BCUT2D eigenvalue weighted by Crippen LogP contribution is 2.35. The summed E-state index contributed by atoms with van der Waals surface area (Å²) in [5, 5.41) is 21.8. The number of hydrogen-bond donors (Lipinski definition) is 3. The number of aliphatic hydroxyl groups is 1. The summed E-state index contributed by atoms with van der Waals surface area (Å²) in [5.74, 6) is -0.330. The van der Waals surface area contributed by atoms with Crippen LogP contribution < -0.4 is 15.4 Å². The first-order valence-corrected chi connectivity index (χ1v) is 11.1. The molecule has 0 unspecified atom stereocenters. The number of amides is 1. The molecule has 3 rings (SSSR count). The second-order valence-corrected chi connectivity index (χ2v) is 9.77. The van der Waals surface area contributed by atoms with Crippen molar-refractivity contribution in [1.29, 1.82) is 0 Å². The van der Waals surface area contributed by atoms with Crippen molar-refractivity contribution in [3.8, 4) is 0 Å². The van der Waals surface area contributed by atoms with E-state index in [9.17, 15) is 28.4 Å². The van der Waals surface area contributed by atoms with Gasteiger partial charge in [0.2, 0.25) is 10.0 Å². The van der Waals surface area contributed by atoms with E-state index < -0.39 is 32.1 Å². The molecular formula is C18H26N4O6S. The lowest BCUT2D eigenvalue weighted by Crippen LogP contribution is -2.46. The number of carbonyl (C=O) groups excluding carboxylic acids is 1. The molecule has 1 saturated heterocycles. The number of nitrogens with one attached hydrogen (secondary N) is 1. The van der Waals surface area contributed by atoms with Gasteiger partial charge in [0.1, 0.15) is 5.69 Å². The number of nitrogens with zero attached hydrogens (tertiary/aromatic N) is 2. The monoisotopic (exact) mass is 426 g/mol. The summed E-state index contributed by atoms with van der Waals surface area (Å²) in [6.45, 7) is 2.13. The first kappa shape index (κ1) is 21.5. The van der Waals surface area contributed by atoms with Crippen LogP contribution in [0.1, 0.15) is 39.0 Å². The van der Waals surface area contributed by atoms with Crippen molar-refractivity contribution in [2.45, 2.75) is 55.6 Å². The zero-order valence-electron chi connectivity index (χ0n) is 16.2. The maximum absolute atomic E-state index is 12.7. The number of anilines is 1. The van der Waals surface area contributed by atoms with Crippen LogP contribution in [-0.4, -0.2) is 49.1 Å². The molecule has 4 N–H and O–H groups in total. The van der Waals surface area contributed by atoms with Crippen molar-refractivity contribution in [3.63, 3.8) is 0 Å². The topological polar surface area (TPSA) is 156 Å². The largest absolute Gasteiger partial charge is 0.378 e. The van der Waals surface area contributed by atoms with E-state index in [-0.39, 0.29) is 36.1 Å². The minimum atomic E-state index is -3.91. The van der Waals surface area contributed by atoms with E-state index in [1.165, 1.54) is 17.0 Å². The number of rotatable bonds is 6. The Balaban J connectivity index is 1.84. The van der Waals surface area contributed by atoms with Gasteiger partial charge in [-0.2, -0.15) is 0 Å². The van der Waals surface area contributed by atoms with Gasteiger partial charge in [-0.05, 0) is 43.7 Å². The molecular weight excluding hydrogens is 400 g/mol. The number of benzene rings is 1. The van der Waals surface area contributed by atoms with E-state index in [0.717, 1.165) is 31.7 Å². The maximum atomic E-state index is 12.7. The van der Waals surface area contributed by atoms with Crippen molar-refractivity contribution in [1.82, 2.24) is 4.72 Å². The lowest BCUT2D eigenvalue weighted by Gasteiger charge is -2.26. The molecule has 0 aromatic heterocycles. The molecule has 0 bridgehead atoms. The van der Waals surface area contributed by atoms with Crippen LogP contribution in [0.4, 0.5) is 11.4 Å². The Hall–Kier alpha value is -2.24. The van der Waals surface area contributed by atoms with Gasteiger partial charge in [0.15, 0.2) is 5.60 Å². The average Bonchev–Trinajstić information content (AvgIpc) is 3.06. The van der Waals surface area contributed by atoms with Gasteiger partial charge in [0.05, 0.1) is 16.4 Å². The summed E-state index contributed by atoms with van der Waals surface area (Å²) in [6.07, 6.45) is 3.38. The maximum Gasteiger partial charge on any atom is 0.293 e. The van der Waals surface area contributed by atoms with Crippen molar-refractivity contribution in [3.05, 3.63) is 28.3 Å². The van der Waals surface area contributed by atoms with Crippen LogP contribution in [0, 0.1) is 16.0 Å². The number of sulfonamides is 1. The summed E-state index contributed by atoms with van der Waals surface area (Å²) < 4.78 is 28.1. The van der Waals surface area contributed by atoms with E-state index in [2.05, 4.69) is 11.6 Å². The molecule has 1 aliphatic heterocycles. The highest BCUT2D eigenvalue weighted by Gasteiger charge is 2.43. The average molecular weight is 426 g/mol. The normalized spacial score (nSPS) is 27.7. The van der Waals surface area contributed by atoms with E-state index in [1.807, 2.05) is 0 Å². The number of nitro benzene ring substituents is 1. The molecule has 0 radical (unpaired) electrons. The van der Waals surface area contributed by atoms with Gasteiger partial charge >= 0.3 is 0 Å². The van der Waals surface area contributed by atoms with E-state index >= 15 is 0 Å². The molecule has 0 spiro atoms. The highest BCUT2D eigenvalue weighted by atomic mass is 32.2. The van der Waals surface area contributed by atoms with Crippen molar-refractivity contribution in [2.24, 2.45) is 11.7 Å². The first-order chi connectivity index (χ1) is 13.5. The Morgan fingerprint density at radius 3 is 2.55 bits per heavy atom. The predicted octanol–water partition coefficient (Wildman–Crippen LogP) is 0.878. The number of β-amino-alcohol motifs (C(OH)–C–C–N with tert-alkyl or cyclic N) is 1. The molecule has 10 nitrogen and oxygen atoms in total. The first-order valence-electron chi connectivity index (χ1n) is 9.60. The van der Waals surface area contributed by atoms with Crippen LogP contribution in [0.25, 0.3) is 0 Å². The van der Waals surface area contributed by atoms with Gasteiger partial charge in [-0.3, -0.25) is 14.9 Å². The van der Waals surface area contributed by atoms with Crippen LogP contribution in [0.15, 0.2) is 23.1 Å². The van der Waals surface area contributed by atoms with Gasteiger partial charge in [0, 0.05) is 25.1 Å². The second kappa shape index (κ2) is 7.88. The minimum absolute atomic E-state index is 0.0429. The fourth-order valence-corrected chi connectivity index (χ4v) is 5.27. The highest BCUT2D eigenvalue weighted by molar-refractivity contribution is 7.89. The third-order valence-electron chi connectivity index (χ3n) is 5.84. The lowest BCUT2D eigenvalue weighted by molar-refractivity contribution is -0.384. The Kier molecular flexibility index (Phi) is 5.84. The summed E-state index contributed by atoms with van der Waals surface area (Å²) in [4.78, 5) is 23.6. The number of carbonyl (C=O) groups is 1. The molecule has 29 heavy (non-hydrogen) atoms. The second-order valence-electron chi connectivity index (χ2n) is 8.05. The fraction of sp³-hybridized carbons (Fsp3) is 0.611. The fourth-order valence-electron chi connectivity index (χ4n) is 3.95. The minimum Gasteiger partial charge on any atom is -0.378 e. The van der Waals surface area contributed by atoms with E-state index in [0.29, 0.717) is 5.92 Å². The van der Waals surface area contributed by atoms with Crippen LogP contribution in [0.2, 0.25) is 0 Å². The smallest absolute Gasteiger partial charge is 0.293 e. The van der Waals surface area contributed by atoms with Crippen LogP contribution in [0.5, 0.6) is 0 Å². The standard InChI is InChI=1S/C18H26N4O6S/c1-12-2-4-13(5-3-12)20-29(27,28)14-6-7-15(16(10-14)22(25)26)21-9-8-18(24,11-21)17(19)23/h6-7,10,12-13,20,24H,2-5,8-9,11H2,1H3,(H2,19,23)/t12?,13?,18-/m0/s1. The molecule has 2 fully saturated rings. The molecule has 1 heterocycles.